The minimum absolute atomic E-state index is 0.234. The van der Waals surface area contributed by atoms with E-state index in [2.05, 4.69) is 15.9 Å². The molecule has 0 bridgehead atoms. The van der Waals surface area contributed by atoms with E-state index in [0.717, 1.165) is 0 Å². The van der Waals surface area contributed by atoms with E-state index >= 15 is 0 Å². The number of aliphatic hydroxyl groups is 1. The van der Waals surface area contributed by atoms with Crippen molar-refractivity contribution in [1.82, 2.24) is 0 Å². The molecular formula is C11H13BrO4. The van der Waals surface area contributed by atoms with Gasteiger partial charge in [-0.05, 0) is 25.1 Å². The van der Waals surface area contributed by atoms with Crippen molar-refractivity contribution in [2.45, 2.75) is 13.0 Å². The number of carbonyl (C=O) groups excluding carboxylic acids is 1. The molecule has 0 radical (unpaired) electrons. The van der Waals surface area contributed by atoms with Crippen molar-refractivity contribution in [2.24, 2.45) is 0 Å². The Morgan fingerprint density at radius 3 is 2.81 bits per heavy atom. The number of ether oxygens (including phenoxy) is 2. The Hall–Kier alpha value is -1.07. The van der Waals surface area contributed by atoms with Gasteiger partial charge in [0.25, 0.3) is 0 Å². The first-order valence-electron chi connectivity index (χ1n) is 4.78. The van der Waals surface area contributed by atoms with Crippen LogP contribution in [0.4, 0.5) is 0 Å². The second-order valence-corrected chi connectivity index (χ2v) is 3.90. The van der Waals surface area contributed by atoms with E-state index in [1.54, 1.807) is 25.1 Å². The maximum Gasteiger partial charge on any atom is 0.339 e. The van der Waals surface area contributed by atoms with Crippen molar-refractivity contribution in [3.63, 3.8) is 0 Å². The van der Waals surface area contributed by atoms with Gasteiger partial charge >= 0.3 is 5.97 Å². The molecule has 0 aliphatic heterocycles. The highest BCUT2D eigenvalue weighted by molar-refractivity contribution is 9.10. The third kappa shape index (κ3) is 2.96. The molecule has 0 heterocycles. The van der Waals surface area contributed by atoms with E-state index in [0.29, 0.717) is 15.8 Å². The summed E-state index contributed by atoms with van der Waals surface area (Å²) in [6, 6.07) is 5.02. The normalized spacial score (nSPS) is 12.0. The van der Waals surface area contributed by atoms with Crippen LogP contribution in [0.25, 0.3) is 0 Å². The molecular weight excluding hydrogens is 276 g/mol. The number of halogens is 1. The summed E-state index contributed by atoms with van der Waals surface area (Å²) in [5, 5.41) is 9.76. The van der Waals surface area contributed by atoms with Gasteiger partial charge in [0.15, 0.2) is 6.10 Å². The SMILES string of the molecule is CCOC(=O)C(O)c1cc(OC)ccc1Br. The second-order valence-electron chi connectivity index (χ2n) is 3.04. The molecule has 1 aromatic rings. The van der Waals surface area contributed by atoms with Crippen molar-refractivity contribution in [2.75, 3.05) is 13.7 Å². The Morgan fingerprint density at radius 1 is 1.56 bits per heavy atom. The molecule has 88 valence electrons. The summed E-state index contributed by atoms with van der Waals surface area (Å²) in [6.07, 6.45) is -1.30. The summed E-state index contributed by atoms with van der Waals surface area (Å²) in [5.41, 5.74) is 0.429. The van der Waals surface area contributed by atoms with Crippen LogP contribution >= 0.6 is 15.9 Å². The third-order valence-corrected chi connectivity index (χ3v) is 2.73. The molecule has 0 saturated carbocycles. The van der Waals surface area contributed by atoms with Crippen LogP contribution in [-0.4, -0.2) is 24.8 Å². The third-order valence-electron chi connectivity index (χ3n) is 2.01. The fourth-order valence-corrected chi connectivity index (χ4v) is 1.67. The summed E-state index contributed by atoms with van der Waals surface area (Å²) < 4.78 is 10.4. The summed E-state index contributed by atoms with van der Waals surface area (Å²) >= 11 is 3.26. The summed E-state index contributed by atoms with van der Waals surface area (Å²) in [5.74, 6) is -0.0991. The van der Waals surface area contributed by atoms with Gasteiger partial charge in [-0.2, -0.15) is 0 Å². The van der Waals surface area contributed by atoms with Gasteiger partial charge in [-0.1, -0.05) is 15.9 Å². The van der Waals surface area contributed by atoms with Gasteiger partial charge in [-0.15, -0.1) is 0 Å². The predicted octanol–water partition coefficient (Wildman–Crippen LogP) is 2.05. The zero-order valence-electron chi connectivity index (χ0n) is 9.07. The smallest absolute Gasteiger partial charge is 0.339 e. The zero-order chi connectivity index (χ0) is 12.1. The summed E-state index contributed by atoms with van der Waals surface area (Å²) in [7, 11) is 1.52. The van der Waals surface area contributed by atoms with Crippen molar-refractivity contribution >= 4 is 21.9 Å². The minimum Gasteiger partial charge on any atom is -0.497 e. The second kappa shape index (κ2) is 5.86. The summed E-state index contributed by atoms with van der Waals surface area (Å²) in [6.45, 7) is 1.92. The van der Waals surface area contributed by atoms with E-state index in [4.69, 9.17) is 9.47 Å². The first-order chi connectivity index (χ1) is 7.60. The Bertz CT molecular complexity index is 378. The van der Waals surface area contributed by atoms with Crippen LogP contribution in [0.15, 0.2) is 22.7 Å². The molecule has 0 fully saturated rings. The van der Waals surface area contributed by atoms with Crippen molar-refractivity contribution in [3.05, 3.63) is 28.2 Å². The number of methoxy groups -OCH3 is 1. The topological polar surface area (TPSA) is 55.8 Å². The Kier molecular flexibility index (Phi) is 4.76. The molecule has 1 atom stereocenters. The molecule has 0 aromatic heterocycles. The average Bonchev–Trinajstić information content (AvgIpc) is 2.29. The number of rotatable bonds is 4. The lowest BCUT2D eigenvalue weighted by Gasteiger charge is -2.12. The van der Waals surface area contributed by atoms with Gasteiger partial charge in [-0.3, -0.25) is 0 Å². The lowest BCUT2D eigenvalue weighted by atomic mass is 10.1. The van der Waals surface area contributed by atoms with Crippen LogP contribution < -0.4 is 4.74 Å². The standard InChI is InChI=1S/C11H13BrO4/c1-3-16-11(14)10(13)8-6-7(15-2)4-5-9(8)12/h4-6,10,13H,3H2,1-2H3. The fourth-order valence-electron chi connectivity index (χ4n) is 1.21. The molecule has 1 unspecified atom stereocenters. The number of aliphatic hydroxyl groups excluding tert-OH is 1. The van der Waals surface area contributed by atoms with Crippen LogP contribution in [-0.2, 0) is 9.53 Å². The van der Waals surface area contributed by atoms with Crippen molar-refractivity contribution in [1.29, 1.82) is 0 Å². The molecule has 0 aliphatic carbocycles. The van der Waals surface area contributed by atoms with Gasteiger partial charge in [-0.25, -0.2) is 4.79 Å². The van der Waals surface area contributed by atoms with E-state index < -0.39 is 12.1 Å². The quantitative estimate of drug-likeness (QED) is 0.862. The molecule has 0 spiro atoms. The highest BCUT2D eigenvalue weighted by Crippen LogP contribution is 2.28. The van der Waals surface area contributed by atoms with Crippen LogP contribution in [0.5, 0.6) is 5.75 Å². The van der Waals surface area contributed by atoms with Crippen LogP contribution in [0.3, 0.4) is 0 Å². The molecule has 1 rings (SSSR count). The lowest BCUT2D eigenvalue weighted by molar-refractivity contribution is -0.153. The highest BCUT2D eigenvalue weighted by atomic mass is 79.9. The zero-order valence-corrected chi connectivity index (χ0v) is 10.7. The molecule has 16 heavy (non-hydrogen) atoms. The largest absolute Gasteiger partial charge is 0.497 e. The predicted molar refractivity (Wildman–Crippen MR) is 62.3 cm³/mol. The monoisotopic (exact) mass is 288 g/mol. The lowest BCUT2D eigenvalue weighted by Crippen LogP contribution is -2.15. The fraction of sp³-hybridized carbons (Fsp3) is 0.364. The van der Waals surface area contributed by atoms with E-state index in [1.165, 1.54) is 7.11 Å². The maximum atomic E-state index is 11.4. The van der Waals surface area contributed by atoms with Gasteiger partial charge in [0.1, 0.15) is 5.75 Å². The van der Waals surface area contributed by atoms with Gasteiger partial charge < -0.3 is 14.6 Å². The Balaban J connectivity index is 2.97. The molecule has 4 nitrogen and oxygen atoms in total. The number of hydrogen-bond acceptors (Lipinski definition) is 4. The first-order valence-corrected chi connectivity index (χ1v) is 5.57. The molecule has 5 heteroatoms. The summed E-state index contributed by atoms with van der Waals surface area (Å²) in [4.78, 5) is 11.4. The minimum atomic E-state index is -1.30. The average molecular weight is 289 g/mol. The number of esters is 1. The van der Waals surface area contributed by atoms with E-state index in [1.807, 2.05) is 0 Å². The molecule has 1 N–H and O–H groups in total. The van der Waals surface area contributed by atoms with Crippen LogP contribution in [0, 0.1) is 0 Å². The molecule has 0 aliphatic rings. The number of hydrogen-bond donors (Lipinski definition) is 1. The van der Waals surface area contributed by atoms with Gasteiger partial charge in [0.05, 0.1) is 13.7 Å². The van der Waals surface area contributed by atoms with Crippen molar-refractivity contribution in [3.8, 4) is 5.75 Å². The Morgan fingerprint density at radius 2 is 2.25 bits per heavy atom. The number of benzene rings is 1. The van der Waals surface area contributed by atoms with Gasteiger partial charge in [0, 0.05) is 10.0 Å². The molecule has 0 saturated heterocycles. The first kappa shape index (κ1) is 13.0. The Labute approximate surface area is 102 Å². The van der Waals surface area contributed by atoms with Gasteiger partial charge in [0.2, 0.25) is 0 Å². The maximum absolute atomic E-state index is 11.4. The van der Waals surface area contributed by atoms with Crippen molar-refractivity contribution < 1.29 is 19.4 Å². The van der Waals surface area contributed by atoms with E-state index in [-0.39, 0.29) is 6.61 Å². The van der Waals surface area contributed by atoms with Crippen LogP contribution in [0.1, 0.15) is 18.6 Å². The number of carbonyl (C=O) groups is 1. The van der Waals surface area contributed by atoms with Crippen LogP contribution in [0.2, 0.25) is 0 Å². The molecule has 1 aromatic carbocycles. The highest BCUT2D eigenvalue weighted by Gasteiger charge is 2.21. The van der Waals surface area contributed by atoms with E-state index in [9.17, 15) is 9.90 Å². The molecule has 0 amide bonds.